The summed E-state index contributed by atoms with van der Waals surface area (Å²) in [5.41, 5.74) is 2.66. The number of carbonyl (C=O) groups excluding carboxylic acids is 1. The number of hydrogen-bond acceptors (Lipinski definition) is 10. The van der Waals surface area contributed by atoms with Crippen LogP contribution in [0.4, 0.5) is 5.82 Å². The van der Waals surface area contributed by atoms with Gasteiger partial charge in [-0.2, -0.15) is 5.10 Å². The molecule has 1 amide bonds. The van der Waals surface area contributed by atoms with Crippen molar-refractivity contribution in [2.75, 3.05) is 30.8 Å². The molecule has 0 bridgehead atoms. The summed E-state index contributed by atoms with van der Waals surface area (Å²) in [6.07, 6.45) is 1.66. The highest BCUT2D eigenvalue weighted by molar-refractivity contribution is 7.92. The van der Waals surface area contributed by atoms with Crippen molar-refractivity contribution in [3.05, 3.63) is 49.3 Å². The lowest BCUT2D eigenvalue weighted by atomic mass is 10.00. The van der Waals surface area contributed by atoms with Gasteiger partial charge in [-0.05, 0) is 32.9 Å². The van der Waals surface area contributed by atoms with Crippen LogP contribution >= 0.6 is 34.3 Å². The molecule has 1 aliphatic rings. The topological polar surface area (TPSA) is 123 Å². The fourth-order valence-corrected chi connectivity index (χ4v) is 6.74. The first kappa shape index (κ1) is 25.8. The summed E-state index contributed by atoms with van der Waals surface area (Å²) in [6, 6.07) is 2.57. The number of pyridine rings is 1. The SMILES string of the molecule is Cc1nc(C)c(C2c3c(nc4sc(C)nn34)CCN2C(=O)COc2ccc(N(C)S(C)(=O)=O)nc2Cl)s1. The van der Waals surface area contributed by atoms with Crippen LogP contribution in [0, 0.1) is 20.8 Å². The molecule has 0 saturated heterocycles. The van der Waals surface area contributed by atoms with Crippen LogP contribution in [0.25, 0.3) is 4.96 Å². The molecule has 0 saturated carbocycles. The quantitative estimate of drug-likeness (QED) is 0.318. The first-order chi connectivity index (χ1) is 17.4. The van der Waals surface area contributed by atoms with Crippen molar-refractivity contribution in [2.45, 2.75) is 33.2 Å². The Morgan fingerprint density at radius 2 is 1.95 bits per heavy atom. The van der Waals surface area contributed by atoms with Gasteiger partial charge in [-0.3, -0.25) is 9.10 Å². The average molecular weight is 582 g/mol. The molecule has 5 rings (SSSR count). The summed E-state index contributed by atoms with van der Waals surface area (Å²) in [6.45, 7) is 6.00. The Kier molecular flexibility index (Phi) is 6.63. The molecular weight excluding hydrogens is 558 g/mol. The van der Waals surface area contributed by atoms with E-state index in [1.54, 1.807) is 16.2 Å². The summed E-state index contributed by atoms with van der Waals surface area (Å²) >= 11 is 9.32. The molecule has 0 N–H and O–H groups in total. The van der Waals surface area contributed by atoms with Gasteiger partial charge in [0.15, 0.2) is 17.5 Å². The average Bonchev–Trinajstić information content (AvgIpc) is 3.46. The lowest BCUT2D eigenvalue weighted by Gasteiger charge is -2.34. The van der Waals surface area contributed by atoms with Crippen LogP contribution < -0.4 is 9.04 Å². The van der Waals surface area contributed by atoms with E-state index in [0.717, 1.165) is 47.5 Å². The van der Waals surface area contributed by atoms with Crippen LogP contribution in [-0.4, -0.2) is 70.2 Å². The number of imidazole rings is 1. The number of anilines is 1. The van der Waals surface area contributed by atoms with Gasteiger partial charge in [0, 0.05) is 20.0 Å². The van der Waals surface area contributed by atoms with Gasteiger partial charge in [-0.25, -0.2) is 27.9 Å². The van der Waals surface area contributed by atoms with Gasteiger partial charge in [-0.15, -0.1) is 11.3 Å². The number of rotatable bonds is 6. The van der Waals surface area contributed by atoms with Crippen molar-refractivity contribution in [1.29, 1.82) is 0 Å². The standard InChI is InChI=1S/C22H24ClN7O4S3/c1-11-20(35-12(2)24-11)19-18-14(25-22-30(18)27-13(3)36-22)8-9-29(19)17(31)10-34-15-6-7-16(26-21(15)23)28(4)37(5,32)33/h6-7,19H,8-10H2,1-5H3. The van der Waals surface area contributed by atoms with Crippen LogP contribution in [0.5, 0.6) is 5.75 Å². The summed E-state index contributed by atoms with van der Waals surface area (Å²) in [5.74, 6) is 0.0900. The molecule has 4 aromatic heterocycles. The molecule has 37 heavy (non-hydrogen) atoms. The van der Waals surface area contributed by atoms with Crippen LogP contribution in [0.15, 0.2) is 12.1 Å². The Balaban J connectivity index is 1.44. The second-order valence-electron chi connectivity index (χ2n) is 8.66. The first-order valence-corrected chi connectivity index (χ1v) is 15.1. The van der Waals surface area contributed by atoms with Gasteiger partial charge in [0.05, 0.1) is 33.2 Å². The summed E-state index contributed by atoms with van der Waals surface area (Å²) < 4.78 is 32.2. The molecule has 15 heteroatoms. The zero-order valence-electron chi connectivity index (χ0n) is 20.7. The zero-order valence-corrected chi connectivity index (χ0v) is 23.9. The number of nitrogens with zero attached hydrogens (tertiary/aromatic N) is 7. The Morgan fingerprint density at radius 1 is 1.19 bits per heavy atom. The number of hydrogen-bond donors (Lipinski definition) is 0. The molecule has 5 heterocycles. The van der Waals surface area contributed by atoms with E-state index in [1.165, 1.54) is 30.5 Å². The lowest BCUT2D eigenvalue weighted by Crippen LogP contribution is -2.43. The zero-order chi connectivity index (χ0) is 26.6. The van der Waals surface area contributed by atoms with Crippen LogP contribution in [0.3, 0.4) is 0 Å². The molecular formula is C22H24ClN7O4S3. The summed E-state index contributed by atoms with van der Waals surface area (Å²) in [5, 5.41) is 6.41. The van der Waals surface area contributed by atoms with E-state index < -0.39 is 16.1 Å². The van der Waals surface area contributed by atoms with Crippen molar-refractivity contribution >= 4 is 61.0 Å². The number of halogens is 1. The van der Waals surface area contributed by atoms with E-state index in [1.807, 2.05) is 25.3 Å². The number of aromatic nitrogens is 5. The second kappa shape index (κ2) is 9.49. The number of amides is 1. The Labute approximate surface area is 226 Å². The highest BCUT2D eigenvalue weighted by atomic mass is 35.5. The molecule has 11 nitrogen and oxygen atoms in total. The van der Waals surface area contributed by atoms with Crippen molar-refractivity contribution in [3.63, 3.8) is 0 Å². The van der Waals surface area contributed by atoms with Gasteiger partial charge in [0.25, 0.3) is 5.91 Å². The summed E-state index contributed by atoms with van der Waals surface area (Å²) in [7, 11) is -2.12. The molecule has 0 spiro atoms. The van der Waals surface area contributed by atoms with E-state index in [4.69, 9.17) is 21.3 Å². The fraction of sp³-hybridized carbons (Fsp3) is 0.409. The number of fused-ring (bicyclic) bond motifs is 3. The monoisotopic (exact) mass is 581 g/mol. The van der Waals surface area contributed by atoms with E-state index in [0.29, 0.717) is 13.0 Å². The van der Waals surface area contributed by atoms with Crippen molar-refractivity contribution in [1.82, 2.24) is 29.5 Å². The van der Waals surface area contributed by atoms with Crippen molar-refractivity contribution in [3.8, 4) is 5.75 Å². The highest BCUT2D eigenvalue weighted by Gasteiger charge is 2.39. The van der Waals surface area contributed by atoms with Gasteiger partial charge < -0.3 is 9.64 Å². The Bertz CT molecular complexity index is 1630. The smallest absolute Gasteiger partial charge is 0.261 e. The second-order valence-corrected chi connectivity index (χ2v) is 13.4. The molecule has 4 aromatic rings. The minimum absolute atomic E-state index is 0.0392. The largest absolute Gasteiger partial charge is 0.481 e. The van der Waals surface area contributed by atoms with Crippen molar-refractivity contribution < 1.29 is 17.9 Å². The van der Waals surface area contributed by atoms with E-state index >= 15 is 0 Å². The third-order valence-corrected chi connectivity index (χ3v) is 9.46. The fourth-order valence-electron chi connectivity index (χ4n) is 4.28. The molecule has 196 valence electrons. The third-order valence-electron chi connectivity index (χ3n) is 6.05. The lowest BCUT2D eigenvalue weighted by molar-refractivity contribution is -0.135. The number of carbonyl (C=O) groups is 1. The maximum atomic E-state index is 13.6. The van der Waals surface area contributed by atoms with E-state index in [-0.39, 0.29) is 29.2 Å². The van der Waals surface area contributed by atoms with E-state index in [9.17, 15) is 13.2 Å². The van der Waals surface area contributed by atoms with Crippen molar-refractivity contribution in [2.24, 2.45) is 0 Å². The predicted octanol–water partition coefficient (Wildman–Crippen LogP) is 3.17. The van der Waals surface area contributed by atoms with Gasteiger partial charge in [0.2, 0.25) is 15.0 Å². The minimum Gasteiger partial charge on any atom is -0.481 e. The number of sulfonamides is 1. The number of thiazole rings is 1. The number of aryl methyl sites for hydroxylation is 3. The molecule has 1 aliphatic heterocycles. The normalized spacial score (nSPS) is 15.7. The third kappa shape index (κ3) is 4.78. The maximum Gasteiger partial charge on any atom is 0.261 e. The van der Waals surface area contributed by atoms with Gasteiger partial charge in [-0.1, -0.05) is 22.9 Å². The Morgan fingerprint density at radius 3 is 2.59 bits per heavy atom. The molecule has 1 unspecified atom stereocenters. The van der Waals surface area contributed by atoms with Gasteiger partial charge in [0.1, 0.15) is 16.9 Å². The first-order valence-electron chi connectivity index (χ1n) is 11.3. The summed E-state index contributed by atoms with van der Waals surface area (Å²) in [4.78, 5) is 30.6. The van der Waals surface area contributed by atoms with Crippen LogP contribution in [0.1, 0.15) is 38.0 Å². The Hall–Kier alpha value is -2.81. The molecule has 1 atom stereocenters. The molecule has 0 aromatic carbocycles. The molecule has 0 fully saturated rings. The highest BCUT2D eigenvalue weighted by Crippen LogP contribution is 2.40. The van der Waals surface area contributed by atoms with Gasteiger partial charge >= 0.3 is 0 Å². The number of ether oxygens (including phenoxy) is 1. The van der Waals surface area contributed by atoms with Crippen LogP contribution in [0.2, 0.25) is 5.15 Å². The van der Waals surface area contributed by atoms with E-state index in [2.05, 4.69) is 15.1 Å². The predicted molar refractivity (Wildman–Crippen MR) is 142 cm³/mol. The van der Waals surface area contributed by atoms with Crippen LogP contribution in [-0.2, 0) is 21.2 Å². The minimum atomic E-state index is -3.50. The molecule has 0 aliphatic carbocycles. The molecule has 0 radical (unpaired) electrons. The maximum absolute atomic E-state index is 13.6.